The monoisotopic (exact) mass is 212 g/mol. The molecule has 1 N–H and O–H groups in total. The summed E-state index contributed by atoms with van der Waals surface area (Å²) in [6.07, 6.45) is 6.13. The molecule has 0 radical (unpaired) electrons. The van der Waals surface area contributed by atoms with Crippen LogP contribution in [0.15, 0.2) is 0 Å². The van der Waals surface area contributed by atoms with Crippen molar-refractivity contribution in [2.24, 2.45) is 17.3 Å². The molecule has 2 saturated carbocycles. The molecule has 0 aliphatic heterocycles. The third kappa shape index (κ3) is 1.78. The molecule has 3 heteroatoms. The van der Waals surface area contributed by atoms with E-state index in [1.54, 1.807) is 7.11 Å². The molecule has 2 aliphatic rings. The number of rotatable bonds is 5. The van der Waals surface area contributed by atoms with Crippen molar-refractivity contribution in [3.63, 3.8) is 0 Å². The van der Waals surface area contributed by atoms with Crippen LogP contribution in [-0.2, 0) is 9.53 Å². The van der Waals surface area contributed by atoms with Crippen molar-refractivity contribution >= 4 is 5.97 Å². The Labute approximate surface area is 90.8 Å². The lowest BCUT2D eigenvalue weighted by Gasteiger charge is -2.33. The standard InChI is InChI=1S/C12H20O3/c1-15-6-2-5-12(11(13)14)8-9-3-4-10(12)7-9/h9-10H,2-8H2,1H3,(H,13,14). The van der Waals surface area contributed by atoms with Crippen LogP contribution in [0.25, 0.3) is 0 Å². The first-order valence-electron chi connectivity index (χ1n) is 5.91. The zero-order chi connectivity index (χ0) is 10.9. The summed E-state index contributed by atoms with van der Waals surface area (Å²) >= 11 is 0. The van der Waals surface area contributed by atoms with E-state index >= 15 is 0 Å². The van der Waals surface area contributed by atoms with Gasteiger partial charge < -0.3 is 9.84 Å². The highest BCUT2D eigenvalue weighted by Crippen LogP contribution is 2.58. The van der Waals surface area contributed by atoms with Crippen molar-refractivity contribution in [1.82, 2.24) is 0 Å². The van der Waals surface area contributed by atoms with Gasteiger partial charge in [-0.3, -0.25) is 4.79 Å². The Hall–Kier alpha value is -0.570. The molecule has 86 valence electrons. The Bertz CT molecular complexity index is 251. The van der Waals surface area contributed by atoms with E-state index < -0.39 is 11.4 Å². The van der Waals surface area contributed by atoms with Gasteiger partial charge in [0.25, 0.3) is 0 Å². The molecule has 2 rings (SSSR count). The fourth-order valence-corrected chi connectivity index (χ4v) is 3.65. The molecule has 3 nitrogen and oxygen atoms in total. The first-order valence-corrected chi connectivity index (χ1v) is 5.91. The first kappa shape index (κ1) is 10.9. The van der Waals surface area contributed by atoms with E-state index in [0.717, 1.165) is 32.1 Å². The lowest BCUT2D eigenvalue weighted by molar-refractivity contribution is -0.153. The molecule has 0 aromatic carbocycles. The van der Waals surface area contributed by atoms with E-state index in [-0.39, 0.29) is 0 Å². The second-order valence-electron chi connectivity index (χ2n) is 5.14. The average Bonchev–Trinajstić information content (AvgIpc) is 2.78. The minimum Gasteiger partial charge on any atom is -0.481 e. The summed E-state index contributed by atoms with van der Waals surface area (Å²) in [7, 11) is 1.67. The zero-order valence-corrected chi connectivity index (χ0v) is 9.37. The molecule has 3 atom stereocenters. The molecule has 0 amide bonds. The first-order chi connectivity index (χ1) is 7.19. The molecule has 0 saturated heterocycles. The quantitative estimate of drug-likeness (QED) is 0.711. The van der Waals surface area contributed by atoms with E-state index in [9.17, 15) is 9.90 Å². The number of carbonyl (C=O) groups is 1. The lowest BCUT2D eigenvalue weighted by Crippen LogP contribution is -2.36. The van der Waals surface area contributed by atoms with Crippen LogP contribution >= 0.6 is 0 Å². The Morgan fingerprint density at radius 3 is 2.80 bits per heavy atom. The summed E-state index contributed by atoms with van der Waals surface area (Å²) < 4.78 is 5.01. The molecule has 0 aromatic heterocycles. The van der Waals surface area contributed by atoms with Crippen LogP contribution in [0.5, 0.6) is 0 Å². The van der Waals surface area contributed by atoms with E-state index in [4.69, 9.17) is 4.74 Å². The van der Waals surface area contributed by atoms with Crippen LogP contribution in [0.4, 0.5) is 0 Å². The van der Waals surface area contributed by atoms with Crippen molar-refractivity contribution in [2.75, 3.05) is 13.7 Å². The second-order valence-corrected chi connectivity index (χ2v) is 5.14. The van der Waals surface area contributed by atoms with E-state index in [1.165, 1.54) is 6.42 Å². The molecule has 2 fully saturated rings. The molecule has 15 heavy (non-hydrogen) atoms. The van der Waals surface area contributed by atoms with E-state index in [2.05, 4.69) is 0 Å². The van der Waals surface area contributed by atoms with Gasteiger partial charge in [-0.2, -0.15) is 0 Å². The van der Waals surface area contributed by atoms with Crippen molar-refractivity contribution < 1.29 is 14.6 Å². The molecule has 3 unspecified atom stereocenters. The van der Waals surface area contributed by atoms with Gasteiger partial charge in [-0.05, 0) is 43.9 Å². The fraction of sp³-hybridized carbons (Fsp3) is 0.917. The predicted molar refractivity (Wildman–Crippen MR) is 56.6 cm³/mol. The third-order valence-electron chi connectivity index (χ3n) is 4.37. The van der Waals surface area contributed by atoms with Gasteiger partial charge in [-0.25, -0.2) is 0 Å². The second kappa shape index (κ2) is 4.12. The Morgan fingerprint density at radius 1 is 1.53 bits per heavy atom. The summed E-state index contributed by atoms with van der Waals surface area (Å²) in [4.78, 5) is 11.5. The minimum absolute atomic E-state index is 0.401. The van der Waals surface area contributed by atoms with Gasteiger partial charge in [0.1, 0.15) is 0 Å². The number of methoxy groups -OCH3 is 1. The molecule has 0 spiro atoms. The number of aliphatic carboxylic acids is 1. The van der Waals surface area contributed by atoms with Crippen molar-refractivity contribution in [2.45, 2.75) is 38.5 Å². The lowest BCUT2D eigenvalue weighted by atomic mass is 9.70. The van der Waals surface area contributed by atoms with Crippen LogP contribution in [0, 0.1) is 17.3 Å². The number of carboxylic acid groups (broad SMARTS) is 1. The Balaban J connectivity index is 2.02. The van der Waals surface area contributed by atoms with Gasteiger partial charge >= 0.3 is 5.97 Å². The van der Waals surface area contributed by atoms with Crippen LogP contribution in [0.1, 0.15) is 38.5 Å². The highest BCUT2D eigenvalue weighted by molar-refractivity contribution is 5.75. The summed E-state index contributed by atoms with van der Waals surface area (Å²) in [5.41, 5.74) is -0.401. The molecule has 0 aromatic rings. The van der Waals surface area contributed by atoms with E-state index in [1.807, 2.05) is 0 Å². The maximum atomic E-state index is 11.5. The highest BCUT2D eigenvalue weighted by Gasteiger charge is 2.55. The molecular weight excluding hydrogens is 192 g/mol. The maximum Gasteiger partial charge on any atom is 0.309 e. The summed E-state index contributed by atoms with van der Waals surface area (Å²) in [6, 6.07) is 0. The molecular formula is C12H20O3. The molecule has 2 aliphatic carbocycles. The number of hydrogen-bond acceptors (Lipinski definition) is 2. The van der Waals surface area contributed by atoms with Crippen LogP contribution < -0.4 is 0 Å². The van der Waals surface area contributed by atoms with Crippen molar-refractivity contribution in [3.8, 4) is 0 Å². The summed E-state index contributed by atoms with van der Waals surface area (Å²) in [5, 5.41) is 9.44. The number of ether oxygens (including phenoxy) is 1. The topological polar surface area (TPSA) is 46.5 Å². The average molecular weight is 212 g/mol. The van der Waals surface area contributed by atoms with Gasteiger partial charge in [-0.1, -0.05) is 6.42 Å². The highest BCUT2D eigenvalue weighted by atomic mass is 16.5. The molecule has 2 bridgehead atoms. The summed E-state index contributed by atoms with van der Waals surface area (Å²) in [6.45, 7) is 0.687. The predicted octanol–water partition coefficient (Wildman–Crippen LogP) is 2.30. The van der Waals surface area contributed by atoms with Gasteiger partial charge in [0.15, 0.2) is 0 Å². The van der Waals surface area contributed by atoms with Crippen molar-refractivity contribution in [3.05, 3.63) is 0 Å². The SMILES string of the molecule is COCCCC1(C(=O)O)CC2CCC1C2. The zero-order valence-electron chi connectivity index (χ0n) is 9.37. The van der Waals surface area contributed by atoms with Gasteiger partial charge in [0, 0.05) is 13.7 Å². The van der Waals surface area contributed by atoms with E-state index in [0.29, 0.717) is 18.4 Å². The number of hydrogen-bond donors (Lipinski definition) is 1. The third-order valence-corrected chi connectivity index (χ3v) is 4.37. The maximum absolute atomic E-state index is 11.5. The molecule has 0 heterocycles. The van der Waals surface area contributed by atoms with Gasteiger partial charge in [0.2, 0.25) is 0 Å². The van der Waals surface area contributed by atoms with Gasteiger partial charge in [-0.15, -0.1) is 0 Å². The number of fused-ring (bicyclic) bond motifs is 2. The van der Waals surface area contributed by atoms with Crippen LogP contribution in [0.2, 0.25) is 0 Å². The summed E-state index contributed by atoms with van der Waals surface area (Å²) in [5.74, 6) is 0.566. The normalized spacial score (nSPS) is 38.5. The van der Waals surface area contributed by atoms with Crippen LogP contribution in [0.3, 0.4) is 0 Å². The van der Waals surface area contributed by atoms with Crippen molar-refractivity contribution in [1.29, 1.82) is 0 Å². The smallest absolute Gasteiger partial charge is 0.309 e. The fourth-order valence-electron chi connectivity index (χ4n) is 3.65. The largest absolute Gasteiger partial charge is 0.481 e. The Morgan fingerprint density at radius 2 is 2.33 bits per heavy atom. The van der Waals surface area contributed by atoms with Crippen LogP contribution in [-0.4, -0.2) is 24.8 Å². The Kier molecular flexibility index (Phi) is 3.01. The minimum atomic E-state index is -0.564. The van der Waals surface area contributed by atoms with Gasteiger partial charge in [0.05, 0.1) is 5.41 Å². The number of carboxylic acids is 1.